The molecule has 2 aromatic rings. The Morgan fingerprint density at radius 1 is 1.24 bits per heavy atom. The smallest absolute Gasteiger partial charge is 0.316 e. The van der Waals surface area contributed by atoms with Crippen LogP contribution in [0.2, 0.25) is 5.02 Å². The minimum absolute atomic E-state index is 0.0744. The zero-order valence-electron chi connectivity index (χ0n) is 22.0. The van der Waals surface area contributed by atoms with Gasteiger partial charge in [-0.25, -0.2) is 4.39 Å². The number of carbonyl (C=O) groups excluding carboxylic acids is 3. The maximum absolute atomic E-state index is 14.4. The fourth-order valence-corrected chi connectivity index (χ4v) is 5.28. The predicted molar refractivity (Wildman–Crippen MR) is 138 cm³/mol. The molecule has 1 spiro atoms. The SMILES string of the molecule is COCC1CC2(C1)CN(C)C(=O)c1c(OC(=O)C(C)(C)C)c(=O)c(C(=O)NCc3cccc(Cl)c3F)cn12. The van der Waals surface area contributed by atoms with Gasteiger partial charge in [-0.1, -0.05) is 23.7 Å². The molecule has 2 aliphatic rings. The third-order valence-electron chi connectivity index (χ3n) is 7.02. The lowest BCUT2D eigenvalue weighted by Crippen LogP contribution is -2.60. The molecule has 1 N–H and O–H groups in total. The fraction of sp³-hybridized carbons (Fsp3) is 0.481. The van der Waals surface area contributed by atoms with Gasteiger partial charge in [-0.15, -0.1) is 0 Å². The monoisotopic (exact) mass is 547 g/mol. The van der Waals surface area contributed by atoms with E-state index in [2.05, 4.69) is 5.32 Å². The van der Waals surface area contributed by atoms with Gasteiger partial charge in [-0.05, 0) is 45.6 Å². The van der Waals surface area contributed by atoms with E-state index in [1.165, 1.54) is 23.2 Å². The van der Waals surface area contributed by atoms with Crippen LogP contribution in [0.4, 0.5) is 4.39 Å². The summed E-state index contributed by atoms with van der Waals surface area (Å²) in [5.74, 6) is -2.96. The summed E-state index contributed by atoms with van der Waals surface area (Å²) < 4.78 is 26.8. The van der Waals surface area contributed by atoms with E-state index in [9.17, 15) is 23.6 Å². The minimum Gasteiger partial charge on any atom is -0.419 e. The van der Waals surface area contributed by atoms with Crippen molar-refractivity contribution in [2.75, 3.05) is 27.3 Å². The molecule has 4 rings (SSSR count). The highest BCUT2D eigenvalue weighted by Gasteiger charge is 2.52. The first-order valence-corrected chi connectivity index (χ1v) is 12.6. The van der Waals surface area contributed by atoms with Crippen LogP contribution in [-0.2, 0) is 21.6 Å². The zero-order valence-corrected chi connectivity index (χ0v) is 22.8. The summed E-state index contributed by atoms with van der Waals surface area (Å²) in [5, 5.41) is 2.45. The van der Waals surface area contributed by atoms with Crippen molar-refractivity contribution >= 4 is 29.4 Å². The number of nitrogens with zero attached hydrogens (tertiary/aromatic N) is 2. The summed E-state index contributed by atoms with van der Waals surface area (Å²) in [5.41, 5.74) is -2.74. The maximum Gasteiger partial charge on any atom is 0.316 e. The second-order valence-corrected chi connectivity index (χ2v) is 11.5. The predicted octanol–water partition coefficient (Wildman–Crippen LogP) is 3.36. The number of methoxy groups -OCH3 is 1. The molecule has 0 unspecified atom stereocenters. The second-order valence-electron chi connectivity index (χ2n) is 11.1. The van der Waals surface area contributed by atoms with Crippen LogP contribution in [0, 0.1) is 17.2 Å². The van der Waals surface area contributed by atoms with Gasteiger partial charge < -0.3 is 24.3 Å². The van der Waals surface area contributed by atoms with Crippen LogP contribution in [0.5, 0.6) is 5.75 Å². The number of likely N-dealkylation sites (N-methyl/N-ethyl adjacent to an activating group) is 1. The number of benzene rings is 1. The molecular weight excluding hydrogens is 517 g/mol. The quantitative estimate of drug-likeness (QED) is 0.556. The molecule has 0 bridgehead atoms. The first-order valence-electron chi connectivity index (χ1n) is 12.3. The van der Waals surface area contributed by atoms with Crippen LogP contribution in [0.25, 0.3) is 0 Å². The van der Waals surface area contributed by atoms with Crippen LogP contribution in [0.1, 0.15) is 60.0 Å². The molecule has 1 aliphatic carbocycles. The van der Waals surface area contributed by atoms with E-state index in [0.29, 0.717) is 26.0 Å². The van der Waals surface area contributed by atoms with Gasteiger partial charge in [0.05, 0.1) is 16.0 Å². The minimum atomic E-state index is -0.978. The van der Waals surface area contributed by atoms with E-state index in [0.717, 1.165) is 0 Å². The van der Waals surface area contributed by atoms with Crippen LogP contribution in [0.3, 0.4) is 0 Å². The summed E-state index contributed by atoms with van der Waals surface area (Å²) in [4.78, 5) is 54.5. The number of carbonyl (C=O) groups is 3. The standard InChI is InChI=1S/C27H31ClFN3O6/c1-26(2,3)25(36)38-22-20-24(35)31(4)14-27(9-15(10-27)13-37-5)32(20)12-17(21(22)33)23(34)30-11-16-7-6-8-18(28)19(16)29/h6-8,12,15H,9-11,13-14H2,1-5H3,(H,30,34). The van der Waals surface area contributed by atoms with Gasteiger partial charge in [0.25, 0.3) is 11.8 Å². The molecular formula is C27H31ClFN3O6. The number of aromatic nitrogens is 1. The number of nitrogens with one attached hydrogen (secondary N) is 1. The number of fused-ring (bicyclic) bond motifs is 2. The van der Waals surface area contributed by atoms with E-state index in [4.69, 9.17) is 21.1 Å². The van der Waals surface area contributed by atoms with Gasteiger partial charge in [-0.2, -0.15) is 0 Å². The molecule has 1 aromatic heterocycles. The highest BCUT2D eigenvalue weighted by atomic mass is 35.5. The Morgan fingerprint density at radius 3 is 2.55 bits per heavy atom. The number of esters is 1. The van der Waals surface area contributed by atoms with Crippen molar-refractivity contribution in [3.05, 3.63) is 62.3 Å². The van der Waals surface area contributed by atoms with E-state index in [1.807, 2.05) is 0 Å². The molecule has 2 heterocycles. The number of hydrogen-bond donors (Lipinski definition) is 1. The molecule has 9 nitrogen and oxygen atoms in total. The molecule has 38 heavy (non-hydrogen) atoms. The molecule has 1 aliphatic heterocycles. The van der Waals surface area contributed by atoms with Crippen molar-refractivity contribution in [2.24, 2.45) is 11.3 Å². The lowest BCUT2D eigenvalue weighted by Gasteiger charge is -2.54. The Morgan fingerprint density at radius 2 is 1.92 bits per heavy atom. The van der Waals surface area contributed by atoms with Gasteiger partial charge >= 0.3 is 5.97 Å². The lowest BCUT2D eigenvalue weighted by molar-refractivity contribution is -0.143. The topological polar surface area (TPSA) is 107 Å². The highest BCUT2D eigenvalue weighted by molar-refractivity contribution is 6.30. The van der Waals surface area contributed by atoms with Crippen LogP contribution in [-0.4, -0.2) is 54.6 Å². The van der Waals surface area contributed by atoms with Gasteiger partial charge in [0.15, 0.2) is 5.69 Å². The van der Waals surface area contributed by atoms with Gasteiger partial charge in [0.2, 0.25) is 11.2 Å². The fourth-order valence-electron chi connectivity index (χ4n) is 5.09. The van der Waals surface area contributed by atoms with Crippen molar-refractivity contribution < 1.29 is 28.2 Å². The van der Waals surface area contributed by atoms with E-state index >= 15 is 0 Å². The molecule has 1 saturated carbocycles. The highest BCUT2D eigenvalue weighted by Crippen LogP contribution is 2.48. The second kappa shape index (κ2) is 10.1. The van der Waals surface area contributed by atoms with Crippen molar-refractivity contribution in [3.63, 3.8) is 0 Å². The molecule has 204 valence electrons. The van der Waals surface area contributed by atoms with E-state index in [1.54, 1.807) is 45.6 Å². The number of amides is 2. The normalized spacial score (nSPS) is 20.7. The van der Waals surface area contributed by atoms with Gasteiger partial charge in [-0.3, -0.25) is 19.2 Å². The number of halogens is 2. The first kappa shape index (κ1) is 27.8. The molecule has 0 atom stereocenters. The van der Waals surface area contributed by atoms with Crippen molar-refractivity contribution in [1.82, 2.24) is 14.8 Å². The van der Waals surface area contributed by atoms with Crippen LogP contribution >= 0.6 is 11.6 Å². The summed E-state index contributed by atoms with van der Waals surface area (Å²) in [6.45, 7) is 5.50. The van der Waals surface area contributed by atoms with Crippen LogP contribution < -0.4 is 15.5 Å². The largest absolute Gasteiger partial charge is 0.419 e. The van der Waals surface area contributed by atoms with Crippen LogP contribution in [0.15, 0.2) is 29.2 Å². The molecule has 0 saturated heterocycles. The van der Waals surface area contributed by atoms with Gasteiger partial charge in [0.1, 0.15) is 11.4 Å². The number of rotatable bonds is 6. The summed E-state index contributed by atoms with van der Waals surface area (Å²) in [6, 6.07) is 4.39. The molecule has 1 aromatic carbocycles. The average Bonchev–Trinajstić information content (AvgIpc) is 2.82. The van der Waals surface area contributed by atoms with Crippen molar-refractivity contribution in [3.8, 4) is 5.75 Å². The molecule has 0 radical (unpaired) electrons. The third kappa shape index (κ3) is 4.94. The maximum atomic E-state index is 14.4. The Bertz CT molecular complexity index is 1360. The Balaban J connectivity index is 1.80. The Hall–Kier alpha value is -3.24. The molecule has 2 amide bonds. The first-order chi connectivity index (χ1) is 17.8. The number of pyridine rings is 1. The summed E-state index contributed by atoms with van der Waals surface area (Å²) >= 11 is 5.84. The molecule has 11 heteroatoms. The summed E-state index contributed by atoms with van der Waals surface area (Å²) in [7, 11) is 3.23. The zero-order chi connectivity index (χ0) is 28.0. The van der Waals surface area contributed by atoms with E-state index < -0.39 is 45.7 Å². The Labute approximate surface area is 224 Å². The average molecular weight is 548 g/mol. The van der Waals surface area contributed by atoms with Crippen molar-refractivity contribution in [1.29, 1.82) is 0 Å². The number of ether oxygens (including phenoxy) is 2. The lowest BCUT2D eigenvalue weighted by atomic mass is 9.67. The van der Waals surface area contributed by atoms with E-state index in [-0.39, 0.29) is 34.3 Å². The number of hydrogen-bond acceptors (Lipinski definition) is 6. The molecule has 1 fully saturated rings. The third-order valence-corrected chi connectivity index (χ3v) is 7.31. The van der Waals surface area contributed by atoms with Gasteiger partial charge in [0, 0.05) is 45.6 Å². The van der Waals surface area contributed by atoms with Crippen molar-refractivity contribution in [2.45, 2.75) is 45.7 Å². The summed E-state index contributed by atoms with van der Waals surface area (Å²) in [6.07, 6.45) is 2.62. The Kier molecular flexibility index (Phi) is 7.42.